The molecule has 156 valence electrons. The van der Waals surface area contributed by atoms with Gasteiger partial charge in [-0.15, -0.1) is 0 Å². The maximum absolute atomic E-state index is 12.6. The standard InChI is InChI=1S/C25H15ClN2O4/c26-22-13-17(6-9-21(22)25(30)31)23-10-8-20(32-23)12-18(14-27)24(29)28-19-7-5-15-3-1-2-4-16(15)11-19/h1-13H,(H,28,29)(H,30,31)/p-1/b18-12+. The monoisotopic (exact) mass is 441 g/mol. The molecule has 6 nitrogen and oxygen atoms in total. The summed E-state index contributed by atoms with van der Waals surface area (Å²) < 4.78 is 5.69. The molecule has 0 aliphatic carbocycles. The molecule has 0 radical (unpaired) electrons. The fourth-order valence-electron chi connectivity index (χ4n) is 3.18. The number of nitrogens with zero attached hydrogens (tertiary/aromatic N) is 1. The number of carbonyl (C=O) groups excluding carboxylic acids is 2. The molecule has 0 spiro atoms. The molecule has 0 unspecified atom stereocenters. The predicted octanol–water partition coefficient (Wildman–Crippen LogP) is 4.66. The van der Waals surface area contributed by atoms with Gasteiger partial charge in [0, 0.05) is 22.9 Å². The summed E-state index contributed by atoms with van der Waals surface area (Å²) in [5, 5.41) is 25.2. The summed E-state index contributed by atoms with van der Waals surface area (Å²) in [5.41, 5.74) is 0.847. The van der Waals surface area contributed by atoms with Crippen LogP contribution in [0.3, 0.4) is 0 Å². The number of carboxylic acids is 1. The third-order valence-electron chi connectivity index (χ3n) is 4.76. The Labute approximate surface area is 188 Å². The van der Waals surface area contributed by atoms with E-state index in [0.29, 0.717) is 17.0 Å². The van der Waals surface area contributed by atoms with Crippen molar-refractivity contribution in [3.8, 4) is 17.4 Å². The van der Waals surface area contributed by atoms with Crippen LogP contribution in [-0.2, 0) is 4.79 Å². The molecular weight excluding hydrogens is 428 g/mol. The highest BCUT2D eigenvalue weighted by atomic mass is 35.5. The van der Waals surface area contributed by atoms with Crippen LogP contribution in [0, 0.1) is 11.3 Å². The van der Waals surface area contributed by atoms with Crippen molar-refractivity contribution in [2.45, 2.75) is 0 Å². The van der Waals surface area contributed by atoms with Crippen LogP contribution in [-0.4, -0.2) is 11.9 Å². The van der Waals surface area contributed by atoms with Crippen LogP contribution in [0.5, 0.6) is 0 Å². The number of hydrogen-bond acceptors (Lipinski definition) is 5. The van der Waals surface area contributed by atoms with Crippen molar-refractivity contribution in [3.05, 3.63) is 94.7 Å². The van der Waals surface area contributed by atoms with Gasteiger partial charge in [0.25, 0.3) is 5.91 Å². The molecule has 7 heteroatoms. The summed E-state index contributed by atoms with van der Waals surface area (Å²) in [6.45, 7) is 0. The smallest absolute Gasteiger partial charge is 0.266 e. The van der Waals surface area contributed by atoms with Gasteiger partial charge in [0.05, 0.1) is 11.0 Å². The summed E-state index contributed by atoms with van der Waals surface area (Å²) in [7, 11) is 0. The van der Waals surface area contributed by atoms with E-state index >= 15 is 0 Å². The number of nitrogens with one attached hydrogen (secondary N) is 1. The fraction of sp³-hybridized carbons (Fsp3) is 0. The number of aromatic carboxylic acids is 1. The molecule has 0 saturated carbocycles. The second-order valence-corrected chi connectivity index (χ2v) is 7.28. The molecule has 0 fully saturated rings. The van der Waals surface area contributed by atoms with Gasteiger partial charge < -0.3 is 19.6 Å². The number of furan rings is 1. The summed E-state index contributed by atoms with van der Waals surface area (Å²) >= 11 is 5.97. The zero-order chi connectivity index (χ0) is 22.7. The van der Waals surface area contributed by atoms with E-state index in [1.807, 2.05) is 42.5 Å². The first kappa shape index (κ1) is 20.9. The molecule has 1 heterocycles. The highest BCUT2D eigenvalue weighted by Crippen LogP contribution is 2.28. The van der Waals surface area contributed by atoms with Crippen molar-refractivity contribution in [1.29, 1.82) is 5.26 Å². The Morgan fingerprint density at radius 1 is 1.00 bits per heavy atom. The Bertz CT molecular complexity index is 1430. The first-order chi connectivity index (χ1) is 15.4. The van der Waals surface area contributed by atoms with Crippen LogP contribution in [0.15, 0.2) is 82.8 Å². The quantitative estimate of drug-likeness (QED) is 0.358. The number of rotatable bonds is 5. The van der Waals surface area contributed by atoms with Gasteiger partial charge in [-0.25, -0.2) is 0 Å². The zero-order valence-electron chi connectivity index (χ0n) is 16.5. The molecule has 0 bridgehead atoms. The Hall–Kier alpha value is -4.34. The molecule has 3 aromatic carbocycles. The minimum Gasteiger partial charge on any atom is -0.545 e. The average Bonchev–Trinajstić information content (AvgIpc) is 3.25. The SMILES string of the molecule is N#C/C(=C\c1ccc(-c2ccc(C(=O)[O-])c(Cl)c2)o1)C(=O)Nc1ccc2ccccc2c1. The Morgan fingerprint density at radius 3 is 2.50 bits per heavy atom. The van der Waals surface area contributed by atoms with Gasteiger partial charge in [0.15, 0.2) is 0 Å². The van der Waals surface area contributed by atoms with Crippen molar-refractivity contribution in [2.75, 3.05) is 5.32 Å². The summed E-state index contributed by atoms with van der Waals surface area (Å²) in [6.07, 6.45) is 1.33. The second-order valence-electron chi connectivity index (χ2n) is 6.87. The highest BCUT2D eigenvalue weighted by molar-refractivity contribution is 6.33. The van der Waals surface area contributed by atoms with E-state index < -0.39 is 11.9 Å². The predicted molar refractivity (Wildman–Crippen MR) is 120 cm³/mol. The third kappa shape index (κ3) is 4.38. The van der Waals surface area contributed by atoms with E-state index in [1.54, 1.807) is 18.2 Å². The normalized spacial score (nSPS) is 11.2. The fourth-order valence-corrected chi connectivity index (χ4v) is 3.43. The maximum Gasteiger partial charge on any atom is 0.266 e. The van der Waals surface area contributed by atoms with Gasteiger partial charge in [-0.2, -0.15) is 5.26 Å². The Morgan fingerprint density at radius 2 is 1.78 bits per heavy atom. The van der Waals surface area contributed by atoms with Crippen LogP contribution in [0.1, 0.15) is 16.1 Å². The number of fused-ring (bicyclic) bond motifs is 1. The third-order valence-corrected chi connectivity index (χ3v) is 5.07. The molecule has 0 saturated heterocycles. The van der Waals surface area contributed by atoms with Crippen LogP contribution in [0.25, 0.3) is 28.2 Å². The number of amides is 1. The van der Waals surface area contributed by atoms with E-state index in [2.05, 4.69) is 5.32 Å². The summed E-state index contributed by atoms with van der Waals surface area (Å²) in [6, 6.07) is 22.6. The number of nitriles is 1. The number of carbonyl (C=O) groups is 2. The average molecular weight is 442 g/mol. The largest absolute Gasteiger partial charge is 0.545 e. The molecule has 1 N–H and O–H groups in total. The van der Waals surface area contributed by atoms with E-state index in [-0.39, 0.29) is 21.9 Å². The van der Waals surface area contributed by atoms with Crippen molar-refractivity contribution in [1.82, 2.24) is 0 Å². The minimum absolute atomic E-state index is 0.0171. The van der Waals surface area contributed by atoms with Crippen molar-refractivity contribution >= 4 is 46.0 Å². The lowest BCUT2D eigenvalue weighted by molar-refractivity contribution is -0.255. The topological polar surface area (TPSA) is 106 Å². The first-order valence-corrected chi connectivity index (χ1v) is 9.85. The molecule has 0 atom stereocenters. The van der Waals surface area contributed by atoms with Crippen molar-refractivity contribution in [2.24, 2.45) is 0 Å². The van der Waals surface area contributed by atoms with E-state index in [9.17, 15) is 20.0 Å². The molecule has 4 aromatic rings. The second kappa shape index (κ2) is 8.80. The number of benzene rings is 3. The van der Waals surface area contributed by atoms with Crippen molar-refractivity contribution in [3.63, 3.8) is 0 Å². The number of anilines is 1. The van der Waals surface area contributed by atoms with E-state index in [0.717, 1.165) is 10.8 Å². The van der Waals surface area contributed by atoms with Gasteiger partial charge >= 0.3 is 0 Å². The van der Waals surface area contributed by atoms with Crippen molar-refractivity contribution < 1.29 is 19.1 Å². The highest BCUT2D eigenvalue weighted by Gasteiger charge is 2.13. The maximum atomic E-state index is 12.6. The number of carboxylic acid groups (broad SMARTS) is 1. The van der Waals surface area contributed by atoms with Gasteiger partial charge in [0.2, 0.25) is 0 Å². The van der Waals surface area contributed by atoms with Gasteiger partial charge in [-0.1, -0.05) is 54.1 Å². The molecular formula is C25H14ClN2O4-. The summed E-state index contributed by atoms with van der Waals surface area (Å²) in [4.78, 5) is 23.6. The van der Waals surface area contributed by atoms with Gasteiger partial charge in [-0.3, -0.25) is 4.79 Å². The zero-order valence-corrected chi connectivity index (χ0v) is 17.2. The summed E-state index contributed by atoms with van der Waals surface area (Å²) in [5.74, 6) is -1.26. The lowest BCUT2D eigenvalue weighted by Crippen LogP contribution is -2.22. The van der Waals surface area contributed by atoms with Crippen LogP contribution < -0.4 is 10.4 Å². The molecule has 1 amide bonds. The lowest BCUT2D eigenvalue weighted by atomic mass is 10.1. The molecule has 0 aliphatic heterocycles. The van der Waals surface area contributed by atoms with E-state index in [4.69, 9.17) is 16.0 Å². The van der Waals surface area contributed by atoms with Gasteiger partial charge in [-0.05, 0) is 41.1 Å². The Kier molecular flexibility index (Phi) is 5.75. The van der Waals surface area contributed by atoms with Crippen LogP contribution in [0.4, 0.5) is 5.69 Å². The van der Waals surface area contributed by atoms with Crippen LogP contribution in [0.2, 0.25) is 5.02 Å². The number of halogens is 1. The van der Waals surface area contributed by atoms with Crippen LogP contribution >= 0.6 is 11.6 Å². The molecule has 32 heavy (non-hydrogen) atoms. The number of hydrogen-bond donors (Lipinski definition) is 1. The Balaban J connectivity index is 1.55. The van der Waals surface area contributed by atoms with Gasteiger partial charge in [0.1, 0.15) is 23.2 Å². The molecule has 1 aromatic heterocycles. The van der Waals surface area contributed by atoms with E-state index in [1.165, 1.54) is 24.3 Å². The lowest BCUT2D eigenvalue weighted by Gasteiger charge is -2.06. The minimum atomic E-state index is -1.37. The molecule has 0 aliphatic rings. The molecule has 4 rings (SSSR count). The first-order valence-electron chi connectivity index (χ1n) is 9.47.